The molecule has 5 nitrogen and oxygen atoms in total. The zero-order valence-corrected chi connectivity index (χ0v) is 21.5. The molecule has 2 N–H and O–H groups in total. The molecule has 37 heavy (non-hydrogen) atoms. The summed E-state index contributed by atoms with van der Waals surface area (Å²) in [5.74, 6) is 0.529. The van der Waals surface area contributed by atoms with Crippen molar-refractivity contribution in [3.63, 3.8) is 0 Å². The number of nitrogens with two attached hydrogens (primary N) is 1. The molecule has 1 aliphatic rings. The maximum absolute atomic E-state index is 15.2. The zero-order chi connectivity index (χ0) is 25.8. The Morgan fingerprint density at radius 2 is 1.78 bits per heavy atom. The molecule has 192 valence electrons. The van der Waals surface area contributed by atoms with Gasteiger partial charge in [-0.05, 0) is 77.3 Å². The normalized spacial score (nSPS) is 16.7. The van der Waals surface area contributed by atoms with Gasteiger partial charge in [-0.25, -0.2) is 4.68 Å². The average molecular weight is 500 g/mol. The van der Waals surface area contributed by atoms with Gasteiger partial charge < -0.3 is 15.2 Å². The lowest BCUT2D eigenvalue weighted by Gasteiger charge is -2.23. The first-order valence-electron chi connectivity index (χ1n) is 13.1. The van der Waals surface area contributed by atoms with E-state index < -0.39 is 5.95 Å². The molecule has 1 fully saturated rings. The van der Waals surface area contributed by atoms with E-state index in [-0.39, 0.29) is 12.1 Å². The Hall–Kier alpha value is -3.48. The molecule has 0 radical (unpaired) electrons. The molecule has 6 heteroatoms. The number of hydrogen-bond donors (Lipinski definition) is 1. The summed E-state index contributed by atoms with van der Waals surface area (Å²) < 4.78 is 28.6. The highest BCUT2D eigenvalue weighted by Crippen LogP contribution is 2.39. The van der Waals surface area contributed by atoms with Gasteiger partial charge in [0.2, 0.25) is 5.95 Å². The maximum Gasteiger partial charge on any atom is 0.240 e. The molecule has 1 unspecified atom stereocenters. The van der Waals surface area contributed by atoms with E-state index in [4.69, 9.17) is 15.2 Å². The number of hydrogen-bond acceptors (Lipinski definition) is 4. The topological polar surface area (TPSA) is 62.3 Å². The highest BCUT2D eigenvalue weighted by atomic mass is 19.1. The zero-order valence-electron chi connectivity index (χ0n) is 21.5. The minimum absolute atomic E-state index is 0.224. The molecule has 1 aliphatic heterocycles. The van der Waals surface area contributed by atoms with Crippen molar-refractivity contribution in [3.8, 4) is 5.75 Å². The average Bonchev–Trinajstić information content (AvgIpc) is 3.27. The van der Waals surface area contributed by atoms with Gasteiger partial charge in [-0.3, -0.25) is 0 Å². The third-order valence-corrected chi connectivity index (χ3v) is 6.84. The molecule has 2 heterocycles. The number of aromatic nitrogens is 2. The summed E-state index contributed by atoms with van der Waals surface area (Å²) in [7, 11) is 0. The first-order valence-corrected chi connectivity index (χ1v) is 13.1. The third-order valence-electron chi connectivity index (χ3n) is 6.84. The van der Waals surface area contributed by atoms with Crippen LogP contribution in [0.3, 0.4) is 0 Å². The Bertz CT molecular complexity index is 1370. The SMILES string of the molecule is CC(C)C(=C(c1ccc(OCCN)cc1)c1ccc2c(c1)c(F)nn2C1CCCCO1)c1ccccc1. The lowest BCUT2D eigenvalue weighted by atomic mass is 9.84. The Morgan fingerprint density at radius 3 is 2.46 bits per heavy atom. The smallest absolute Gasteiger partial charge is 0.240 e. The Morgan fingerprint density at radius 1 is 1.03 bits per heavy atom. The Balaban J connectivity index is 1.67. The third kappa shape index (κ3) is 5.31. The van der Waals surface area contributed by atoms with Gasteiger partial charge in [-0.1, -0.05) is 62.4 Å². The molecule has 3 aromatic carbocycles. The molecule has 0 aliphatic carbocycles. The van der Waals surface area contributed by atoms with Crippen LogP contribution in [0.2, 0.25) is 0 Å². The van der Waals surface area contributed by atoms with Crippen LogP contribution < -0.4 is 10.5 Å². The summed E-state index contributed by atoms with van der Waals surface area (Å²) in [6.45, 7) is 5.99. The second-order valence-electron chi connectivity index (χ2n) is 9.76. The molecule has 0 saturated carbocycles. The molecule has 1 aromatic heterocycles. The molecule has 0 bridgehead atoms. The van der Waals surface area contributed by atoms with E-state index in [2.05, 4.69) is 61.4 Å². The molecule has 1 saturated heterocycles. The van der Waals surface area contributed by atoms with Gasteiger partial charge in [-0.2, -0.15) is 4.39 Å². The number of ether oxygens (including phenoxy) is 2. The van der Waals surface area contributed by atoms with Crippen LogP contribution in [0.1, 0.15) is 56.0 Å². The van der Waals surface area contributed by atoms with Gasteiger partial charge >= 0.3 is 0 Å². The molecule has 0 amide bonds. The lowest BCUT2D eigenvalue weighted by Crippen LogP contribution is -2.19. The predicted molar refractivity (Wildman–Crippen MR) is 147 cm³/mol. The Kier molecular flexibility index (Phi) is 7.68. The van der Waals surface area contributed by atoms with Crippen molar-refractivity contribution in [2.24, 2.45) is 11.7 Å². The molecular formula is C31H34FN3O2. The molecule has 1 atom stereocenters. The van der Waals surface area contributed by atoms with Gasteiger partial charge in [0.1, 0.15) is 12.4 Å². The fourth-order valence-electron chi connectivity index (χ4n) is 5.15. The van der Waals surface area contributed by atoms with Crippen molar-refractivity contribution in [1.82, 2.24) is 9.78 Å². The van der Waals surface area contributed by atoms with Crippen LogP contribution in [0.25, 0.3) is 22.0 Å². The second kappa shape index (κ2) is 11.3. The van der Waals surface area contributed by atoms with Gasteiger partial charge in [-0.15, -0.1) is 5.10 Å². The summed E-state index contributed by atoms with van der Waals surface area (Å²) in [6.07, 6.45) is 2.70. The minimum atomic E-state index is -0.471. The van der Waals surface area contributed by atoms with Gasteiger partial charge in [0, 0.05) is 13.2 Å². The number of fused-ring (bicyclic) bond motifs is 1. The highest BCUT2D eigenvalue weighted by Gasteiger charge is 2.23. The van der Waals surface area contributed by atoms with Crippen LogP contribution in [0.15, 0.2) is 72.8 Å². The van der Waals surface area contributed by atoms with E-state index >= 15 is 4.39 Å². The largest absolute Gasteiger partial charge is 0.492 e. The summed E-state index contributed by atoms with van der Waals surface area (Å²) in [5, 5.41) is 4.75. The van der Waals surface area contributed by atoms with E-state index in [9.17, 15) is 0 Å². The second-order valence-corrected chi connectivity index (χ2v) is 9.76. The number of benzene rings is 3. The standard InChI is InChI=1S/C31H34FN3O2/c1-21(2)29(22-8-4-3-5-9-22)30(23-11-14-25(15-12-23)36-19-17-33)24-13-16-27-26(20-24)31(32)34-35(27)28-10-6-7-18-37-28/h3-5,8-9,11-16,20-21,28H,6-7,10,17-19,33H2,1-2H3. The van der Waals surface area contributed by atoms with Crippen molar-refractivity contribution in [2.45, 2.75) is 39.3 Å². The minimum Gasteiger partial charge on any atom is -0.492 e. The highest BCUT2D eigenvalue weighted by molar-refractivity contribution is 6.01. The van der Waals surface area contributed by atoms with E-state index in [0.29, 0.717) is 25.1 Å². The fourth-order valence-corrected chi connectivity index (χ4v) is 5.15. The van der Waals surface area contributed by atoms with E-state index in [1.165, 1.54) is 5.57 Å². The van der Waals surface area contributed by atoms with Crippen molar-refractivity contribution >= 4 is 22.0 Å². The Labute approximate surface area is 217 Å². The van der Waals surface area contributed by atoms with Gasteiger partial charge in [0.25, 0.3) is 0 Å². The number of allylic oxidation sites excluding steroid dienone is 1. The maximum atomic E-state index is 15.2. The van der Waals surface area contributed by atoms with Crippen LogP contribution in [-0.4, -0.2) is 29.5 Å². The summed E-state index contributed by atoms with van der Waals surface area (Å²) in [4.78, 5) is 0. The molecular weight excluding hydrogens is 465 g/mol. The van der Waals surface area contributed by atoms with Crippen molar-refractivity contribution in [2.75, 3.05) is 19.8 Å². The molecule has 4 aromatic rings. The first kappa shape index (κ1) is 25.2. The number of nitrogens with zero attached hydrogens (tertiary/aromatic N) is 2. The van der Waals surface area contributed by atoms with Gasteiger partial charge in [0.15, 0.2) is 6.23 Å². The summed E-state index contributed by atoms with van der Waals surface area (Å²) in [6, 6.07) is 24.4. The van der Waals surface area contributed by atoms with E-state index in [0.717, 1.165) is 52.8 Å². The van der Waals surface area contributed by atoms with Crippen molar-refractivity contribution in [1.29, 1.82) is 0 Å². The number of halogens is 1. The predicted octanol–water partition coefficient (Wildman–Crippen LogP) is 6.83. The quantitative estimate of drug-likeness (QED) is 0.270. The van der Waals surface area contributed by atoms with Crippen LogP contribution in [-0.2, 0) is 4.74 Å². The van der Waals surface area contributed by atoms with Crippen molar-refractivity contribution in [3.05, 3.63) is 95.4 Å². The first-order chi connectivity index (χ1) is 18.1. The lowest BCUT2D eigenvalue weighted by molar-refractivity contribution is -0.0375. The van der Waals surface area contributed by atoms with E-state index in [1.807, 2.05) is 30.3 Å². The van der Waals surface area contributed by atoms with E-state index in [1.54, 1.807) is 4.68 Å². The summed E-state index contributed by atoms with van der Waals surface area (Å²) in [5.41, 5.74) is 11.7. The summed E-state index contributed by atoms with van der Waals surface area (Å²) >= 11 is 0. The van der Waals surface area contributed by atoms with Crippen LogP contribution in [0, 0.1) is 11.9 Å². The fraction of sp³-hybridized carbons (Fsp3) is 0.323. The van der Waals surface area contributed by atoms with Crippen LogP contribution in [0.4, 0.5) is 4.39 Å². The monoisotopic (exact) mass is 499 g/mol. The van der Waals surface area contributed by atoms with Crippen LogP contribution in [0.5, 0.6) is 5.75 Å². The molecule has 0 spiro atoms. The van der Waals surface area contributed by atoms with Crippen molar-refractivity contribution < 1.29 is 13.9 Å². The van der Waals surface area contributed by atoms with Crippen LogP contribution >= 0.6 is 0 Å². The number of rotatable bonds is 8. The van der Waals surface area contributed by atoms with Gasteiger partial charge in [0.05, 0.1) is 10.9 Å². The molecule has 5 rings (SSSR count).